The van der Waals surface area contributed by atoms with Gasteiger partial charge in [0.1, 0.15) is 11.5 Å². The maximum absolute atomic E-state index is 11.1. The third-order valence-electron chi connectivity index (χ3n) is 2.71. The average Bonchev–Trinajstić information content (AvgIpc) is 2.88. The molecule has 102 valence electrons. The van der Waals surface area contributed by atoms with Gasteiger partial charge in [0.25, 0.3) is 5.78 Å². The number of rotatable bonds is 5. The van der Waals surface area contributed by atoms with E-state index in [0.29, 0.717) is 23.8 Å². The van der Waals surface area contributed by atoms with E-state index in [-0.39, 0.29) is 0 Å². The molecule has 0 saturated carbocycles. The normalized spacial score (nSPS) is 11.3. The molecule has 0 unspecified atom stereocenters. The van der Waals surface area contributed by atoms with Crippen LogP contribution in [0.1, 0.15) is 16.9 Å². The van der Waals surface area contributed by atoms with Crippen LogP contribution in [0.4, 0.5) is 0 Å². The Kier molecular flexibility index (Phi) is 4.00. The molecule has 2 aromatic rings. The number of carboxylic acid groups (broad SMARTS) is 1. The molecule has 1 aromatic carbocycles. The standard InChI is InChI=1S/C15H12O5/c16-12(9-13(17)15(18)19)11-6-7-20-14(11)8-10-4-2-1-3-5-10/h1-7,9,16H,8H2,(H,18,19). The molecule has 0 aliphatic heterocycles. The van der Waals surface area contributed by atoms with Crippen LogP contribution in [0.2, 0.25) is 0 Å². The van der Waals surface area contributed by atoms with Gasteiger partial charge in [0.05, 0.1) is 11.8 Å². The van der Waals surface area contributed by atoms with Gasteiger partial charge in [-0.3, -0.25) is 4.79 Å². The number of ketones is 1. The molecule has 0 saturated heterocycles. The van der Waals surface area contributed by atoms with Gasteiger partial charge >= 0.3 is 5.97 Å². The molecule has 1 heterocycles. The van der Waals surface area contributed by atoms with Crippen molar-refractivity contribution < 1.29 is 24.2 Å². The summed E-state index contributed by atoms with van der Waals surface area (Å²) < 4.78 is 5.27. The molecular weight excluding hydrogens is 260 g/mol. The number of hydrogen-bond acceptors (Lipinski definition) is 4. The predicted molar refractivity (Wildman–Crippen MR) is 71.2 cm³/mol. The van der Waals surface area contributed by atoms with Crippen molar-refractivity contribution in [1.82, 2.24) is 0 Å². The van der Waals surface area contributed by atoms with Crippen LogP contribution in [0.5, 0.6) is 0 Å². The van der Waals surface area contributed by atoms with Crippen molar-refractivity contribution in [1.29, 1.82) is 0 Å². The maximum atomic E-state index is 11.1. The third kappa shape index (κ3) is 3.14. The maximum Gasteiger partial charge on any atom is 0.376 e. The molecule has 0 bridgehead atoms. The van der Waals surface area contributed by atoms with E-state index < -0.39 is 17.5 Å². The summed E-state index contributed by atoms with van der Waals surface area (Å²) in [5.74, 6) is -2.76. The first-order valence-electron chi connectivity index (χ1n) is 5.86. The second-order valence-corrected chi connectivity index (χ2v) is 4.12. The highest BCUT2D eigenvalue weighted by Gasteiger charge is 2.15. The third-order valence-corrected chi connectivity index (χ3v) is 2.71. The lowest BCUT2D eigenvalue weighted by atomic mass is 10.1. The van der Waals surface area contributed by atoms with E-state index >= 15 is 0 Å². The lowest BCUT2D eigenvalue weighted by molar-refractivity contribution is -0.146. The fourth-order valence-corrected chi connectivity index (χ4v) is 1.75. The molecule has 1 aromatic heterocycles. The highest BCUT2D eigenvalue weighted by Crippen LogP contribution is 2.21. The van der Waals surface area contributed by atoms with Gasteiger partial charge < -0.3 is 14.6 Å². The summed E-state index contributed by atoms with van der Waals surface area (Å²) in [6.45, 7) is 0. The molecular formula is C15H12O5. The van der Waals surface area contributed by atoms with E-state index in [1.165, 1.54) is 12.3 Å². The quantitative estimate of drug-likeness (QED) is 0.496. The first-order valence-corrected chi connectivity index (χ1v) is 5.86. The topological polar surface area (TPSA) is 87.7 Å². The van der Waals surface area contributed by atoms with Gasteiger partial charge in [0.2, 0.25) is 0 Å². The number of aliphatic carboxylic acids is 1. The molecule has 5 heteroatoms. The number of hydrogen-bond donors (Lipinski definition) is 2. The van der Waals surface area contributed by atoms with Crippen LogP contribution in [-0.4, -0.2) is 22.0 Å². The molecule has 0 aliphatic rings. The Hall–Kier alpha value is -2.82. The van der Waals surface area contributed by atoms with E-state index in [4.69, 9.17) is 9.52 Å². The number of carbonyl (C=O) groups is 2. The molecule has 0 aliphatic carbocycles. The van der Waals surface area contributed by atoms with E-state index in [2.05, 4.69) is 0 Å². The molecule has 2 N–H and O–H groups in total. The van der Waals surface area contributed by atoms with Crippen molar-refractivity contribution in [3.8, 4) is 0 Å². The minimum atomic E-state index is -1.62. The Bertz CT molecular complexity index is 652. The van der Waals surface area contributed by atoms with Crippen molar-refractivity contribution in [3.05, 3.63) is 65.6 Å². The van der Waals surface area contributed by atoms with Crippen LogP contribution in [0.3, 0.4) is 0 Å². The molecule has 20 heavy (non-hydrogen) atoms. The van der Waals surface area contributed by atoms with Crippen LogP contribution < -0.4 is 0 Å². The molecule has 0 amide bonds. The second kappa shape index (κ2) is 5.88. The van der Waals surface area contributed by atoms with E-state index in [1.807, 2.05) is 30.3 Å². The van der Waals surface area contributed by atoms with Gasteiger partial charge in [-0.25, -0.2) is 4.79 Å². The van der Waals surface area contributed by atoms with Crippen molar-refractivity contribution in [2.45, 2.75) is 6.42 Å². The van der Waals surface area contributed by atoms with Crippen LogP contribution >= 0.6 is 0 Å². The van der Waals surface area contributed by atoms with E-state index in [1.54, 1.807) is 0 Å². The second-order valence-electron chi connectivity index (χ2n) is 4.12. The Labute approximate surface area is 114 Å². The Morgan fingerprint density at radius 1 is 1.10 bits per heavy atom. The number of carboxylic acids is 1. The first-order chi connectivity index (χ1) is 9.58. The summed E-state index contributed by atoms with van der Waals surface area (Å²) in [6.07, 6.45) is 2.48. The SMILES string of the molecule is O=C(O)C(=O)C=C(O)c1ccoc1Cc1ccccc1. The zero-order valence-corrected chi connectivity index (χ0v) is 10.4. The summed E-state index contributed by atoms with van der Waals surface area (Å²) in [5, 5.41) is 18.3. The predicted octanol–water partition coefficient (Wildman–Crippen LogP) is 2.42. The lowest BCUT2D eigenvalue weighted by Crippen LogP contribution is -2.09. The molecule has 0 fully saturated rings. The Morgan fingerprint density at radius 3 is 2.45 bits per heavy atom. The van der Waals surface area contributed by atoms with Crippen molar-refractivity contribution >= 4 is 17.5 Å². The van der Waals surface area contributed by atoms with Crippen molar-refractivity contribution in [2.75, 3.05) is 0 Å². The van der Waals surface area contributed by atoms with Gasteiger partial charge in [-0.05, 0) is 11.6 Å². The summed E-state index contributed by atoms with van der Waals surface area (Å²) in [6, 6.07) is 10.9. The summed E-state index contributed by atoms with van der Waals surface area (Å²) in [5.41, 5.74) is 1.28. The van der Waals surface area contributed by atoms with Crippen LogP contribution in [0.25, 0.3) is 5.76 Å². The number of aliphatic hydroxyl groups excluding tert-OH is 1. The highest BCUT2D eigenvalue weighted by molar-refractivity contribution is 6.38. The summed E-state index contributed by atoms with van der Waals surface area (Å²) >= 11 is 0. The van der Waals surface area contributed by atoms with E-state index in [0.717, 1.165) is 5.56 Å². The number of aliphatic hydroxyl groups is 1. The minimum Gasteiger partial charge on any atom is -0.507 e. The molecule has 5 nitrogen and oxygen atoms in total. The average molecular weight is 272 g/mol. The molecule has 0 atom stereocenters. The molecule has 0 spiro atoms. The van der Waals surface area contributed by atoms with Crippen LogP contribution in [0.15, 0.2) is 53.2 Å². The zero-order chi connectivity index (χ0) is 14.5. The van der Waals surface area contributed by atoms with Crippen LogP contribution in [-0.2, 0) is 16.0 Å². The summed E-state index contributed by atoms with van der Waals surface area (Å²) in [7, 11) is 0. The molecule has 2 rings (SSSR count). The van der Waals surface area contributed by atoms with Crippen molar-refractivity contribution in [3.63, 3.8) is 0 Å². The Balaban J connectivity index is 2.25. The van der Waals surface area contributed by atoms with Gasteiger partial charge in [-0.2, -0.15) is 0 Å². The van der Waals surface area contributed by atoms with Gasteiger partial charge in [-0.1, -0.05) is 30.3 Å². The monoisotopic (exact) mass is 272 g/mol. The first kappa shape index (κ1) is 13.6. The van der Waals surface area contributed by atoms with Crippen LogP contribution in [0, 0.1) is 0 Å². The smallest absolute Gasteiger partial charge is 0.376 e. The number of furan rings is 1. The minimum absolute atomic E-state index is 0.309. The van der Waals surface area contributed by atoms with Gasteiger partial charge in [-0.15, -0.1) is 0 Å². The highest BCUT2D eigenvalue weighted by atomic mass is 16.4. The Morgan fingerprint density at radius 2 is 1.80 bits per heavy atom. The number of carbonyl (C=O) groups excluding carboxylic acids is 1. The molecule has 0 radical (unpaired) electrons. The van der Waals surface area contributed by atoms with Gasteiger partial charge in [0, 0.05) is 12.5 Å². The van der Waals surface area contributed by atoms with Crippen molar-refractivity contribution in [2.24, 2.45) is 0 Å². The largest absolute Gasteiger partial charge is 0.507 e. The lowest BCUT2D eigenvalue weighted by Gasteiger charge is -2.02. The summed E-state index contributed by atoms with van der Waals surface area (Å²) in [4.78, 5) is 21.5. The zero-order valence-electron chi connectivity index (χ0n) is 10.4. The fraction of sp³-hybridized carbons (Fsp3) is 0.0667. The fourth-order valence-electron chi connectivity index (χ4n) is 1.75. The van der Waals surface area contributed by atoms with E-state index in [9.17, 15) is 14.7 Å². The van der Waals surface area contributed by atoms with Gasteiger partial charge in [0.15, 0.2) is 0 Å². The number of benzene rings is 1.